The number of anilines is 3. The smallest absolute Gasteiger partial charge is 0.229 e. The molecule has 0 aliphatic carbocycles. The van der Waals surface area contributed by atoms with E-state index in [4.69, 9.17) is 63.7 Å². The first-order valence-electron chi connectivity index (χ1n) is 13.3. The Morgan fingerprint density at radius 2 is 1.59 bits per heavy atom. The largest absolute Gasteiger partial charge is 0.490 e. The molecule has 5 rings (SSSR count). The Labute approximate surface area is 254 Å². The number of nitrogens with zero attached hydrogens (tertiary/aromatic N) is 5. The molecule has 0 radical (unpaired) electrons. The van der Waals surface area contributed by atoms with E-state index in [1.165, 1.54) is 0 Å². The Kier molecular flexibility index (Phi) is 10.2. The molecule has 3 heterocycles. The van der Waals surface area contributed by atoms with Gasteiger partial charge in [-0.2, -0.15) is 15.1 Å². The molecule has 0 atom stereocenters. The number of rotatable bonds is 10. The Morgan fingerprint density at radius 3 is 2.32 bits per heavy atom. The average molecular weight is 622 g/mol. The number of morpholine rings is 2. The van der Waals surface area contributed by atoms with Crippen LogP contribution in [-0.2, 0) is 9.47 Å². The normalized spacial score (nSPS) is 15.8. The zero-order valence-corrected chi connectivity index (χ0v) is 24.9. The number of hydrazone groups is 1. The van der Waals surface area contributed by atoms with E-state index < -0.39 is 0 Å². The monoisotopic (exact) mass is 620 g/mol. The quantitative estimate of drug-likeness (QED) is 0.183. The van der Waals surface area contributed by atoms with E-state index >= 15 is 0 Å². The fourth-order valence-corrected chi connectivity index (χ4v) is 5.03. The minimum Gasteiger partial charge on any atom is -0.490 e. The van der Waals surface area contributed by atoms with Crippen molar-refractivity contribution < 1.29 is 18.9 Å². The first-order chi connectivity index (χ1) is 20.0. The minimum absolute atomic E-state index is 0.259. The molecule has 0 unspecified atom stereocenters. The van der Waals surface area contributed by atoms with Crippen LogP contribution in [0.2, 0.25) is 15.1 Å². The van der Waals surface area contributed by atoms with Gasteiger partial charge in [-0.1, -0.05) is 34.8 Å². The number of halogens is 3. The van der Waals surface area contributed by atoms with E-state index in [9.17, 15) is 0 Å². The minimum atomic E-state index is 0.259. The maximum absolute atomic E-state index is 6.48. The third-order valence-electron chi connectivity index (χ3n) is 6.48. The lowest BCUT2D eigenvalue weighted by molar-refractivity contribution is 0.121. The highest BCUT2D eigenvalue weighted by atomic mass is 35.5. The molecule has 41 heavy (non-hydrogen) atoms. The molecule has 2 aromatic carbocycles. The molecule has 2 fully saturated rings. The van der Waals surface area contributed by atoms with Crippen LogP contribution in [-0.4, -0.2) is 82.0 Å². The van der Waals surface area contributed by atoms with E-state index in [2.05, 4.69) is 20.3 Å². The van der Waals surface area contributed by atoms with Crippen LogP contribution in [0.1, 0.15) is 11.1 Å². The maximum Gasteiger partial charge on any atom is 0.229 e. The topological polar surface area (TPSA) is 93.6 Å². The molecule has 13 heteroatoms. The molecule has 2 aliphatic heterocycles. The number of nitrogens with one attached hydrogen (secondary N) is 1. The molecule has 0 spiro atoms. The van der Waals surface area contributed by atoms with Crippen molar-refractivity contribution in [2.75, 3.05) is 81.0 Å². The number of benzene rings is 2. The van der Waals surface area contributed by atoms with Gasteiger partial charge in [-0.25, -0.2) is 0 Å². The second kappa shape index (κ2) is 14.2. The molecule has 2 aliphatic rings. The highest BCUT2D eigenvalue weighted by Crippen LogP contribution is 2.32. The second-order valence-electron chi connectivity index (χ2n) is 9.39. The van der Waals surface area contributed by atoms with Crippen LogP contribution in [0.3, 0.4) is 0 Å². The summed E-state index contributed by atoms with van der Waals surface area (Å²) in [6.45, 7) is 8.02. The van der Waals surface area contributed by atoms with Gasteiger partial charge < -0.3 is 28.7 Å². The van der Waals surface area contributed by atoms with Crippen molar-refractivity contribution in [2.24, 2.45) is 5.10 Å². The number of hydrogen-bond acceptors (Lipinski definition) is 10. The van der Waals surface area contributed by atoms with Gasteiger partial charge in [-0.05, 0) is 42.8 Å². The van der Waals surface area contributed by atoms with Crippen molar-refractivity contribution in [1.82, 2.24) is 9.97 Å². The summed E-state index contributed by atoms with van der Waals surface area (Å²) in [5.74, 6) is 3.15. The molecule has 1 N–H and O–H groups in total. The second-order valence-corrected chi connectivity index (χ2v) is 10.6. The van der Waals surface area contributed by atoms with E-state index in [-0.39, 0.29) is 6.61 Å². The fraction of sp³-hybridized carbons (Fsp3) is 0.393. The zero-order chi connectivity index (χ0) is 28.6. The van der Waals surface area contributed by atoms with Crippen molar-refractivity contribution in [3.05, 3.63) is 62.6 Å². The van der Waals surface area contributed by atoms with Gasteiger partial charge in [0.25, 0.3) is 0 Å². The Hall–Kier alpha value is -3.02. The van der Waals surface area contributed by atoms with E-state index in [1.807, 2.05) is 25.1 Å². The van der Waals surface area contributed by atoms with Crippen LogP contribution in [0.4, 0.5) is 17.6 Å². The molecular formula is C28H31Cl3N6O4. The third kappa shape index (κ3) is 8.05. The van der Waals surface area contributed by atoms with Crippen LogP contribution in [0.5, 0.6) is 11.5 Å². The van der Waals surface area contributed by atoms with Crippen molar-refractivity contribution in [1.29, 1.82) is 0 Å². The Bertz CT molecular complexity index is 1330. The van der Waals surface area contributed by atoms with Gasteiger partial charge in [-0.15, -0.1) is 0 Å². The van der Waals surface area contributed by atoms with Crippen molar-refractivity contribution in [2.45, 2.75) is 6.92 Å². The summed E-state index contributed by atoms with van der Waals surface area (Å²) in [7, 11) is 0. The number of ether oxygens (including phenoxy) is 4. The summed E-state index contributed by atoms with van der Waals surface area (Å²) in [5, 5.41) is 5.95. The average Bonchev–Trinajstić information content (AvgIpc) is 2.99. The van der Waals surface area contributed by atoms with E-state index in [0.717, 1.165) is 37.6 Å². The maximum atomic E-state index is 6.48. The van der Waals surface area contributed by atoms with E-state index in [0.29, 0.717) is 76.9 Å². The van der Waals surface area contributed by atoms with Gasteiger partial charge >= 0.3 is 0 Å². The van der Waals surface area contributed by atoms with E-state index in [1.54, 1.807) is 24.4 Å². The highest BCUT2D eigenvalue weighted by Gasteiger charge is 2.19. The lowest BCUT2D eigenvalue weighted by Crippen LogP contribution is -2.39. The van der Waals surface area contributed by atoms with Gasteiger partial charge in [0.1, 0.15) is 30.5 Å². The van der Waals surface area contributed by atoms with Gasteiger partial charge in [0.2, 0.25) is 5.95 Å². The lowest BCUT2D eigenvalue weighted by atomic mass is 10.2. The van der Waals surface area contributed by atoms with Crippen molar-refractivity contribution in [3.63, 3.8) is 0 Å². The van der Waals surface area contributed by atoms with Crippen molar-refractivity contribution in [3.8, 4) is 11.5 Å². The number of aromatic nitrogens is 2. The van der Waals surface area contributed by atoms with Crippen LogP contribution in [0, 0.1) is 6.92 Å². The summed E-state index contributed by atoms with van der Waals surface area (Å²) < 4.78 is 22.8. The molecule has 10 nitrogen and oxygen atoms in total. The van der Waals surface area contributed by atoms with Gasteiger partial charge in [-0.3, -0.25) is 5.43 Å². The first kappa shape index (κ1) is 29.5. The zero-order valence-electron chi connectivity index (χ0n) is 22.6. The van der Waals surface area contributed by atoms with Crippen LogP contribution < -0.4 is 24.7 Å². The Morgan fingerprint density at radius 1 is 0.878 bits per heavy atom. The van der Waals surface area contributed by atoms with Crippen LogP contribution >= 0.6 is 34.8 Å². The first-order valence-corrected chi connectivity index (χ1v) is 14.4. The number of aryl methyl sites for hydroxylation is 1. The standard InChI is InChI=1S/C28H31Cl3N6O4/c1-19-14-22(2-3-23(19)30)40-12-13-41-27-20(15-21(29)16-24(27)31)18-32-35-25-17-26(36-4-8-38-9-5-36)34-28(33-25)37-6-10-39-11-7-37/h2-3,14-18H,4-13H2,1H3,(H,33,34,35). The lowest BCUT2D eigenvalue weighted by Gasteiger charge is -2.31. The van der Waals surface area contributed by atoms with Gasteiger partial charge in [0.15, 0.2) is 5.82 Å². The highest BCUT2D eigenvalue weighted by molar-refractivity contribution is 6.36. The van der Waals surface area contributed by atoms with Crippen LogP contribution in [0.15, 0.2) is 41.5 Å². The predicted octanol–water partition coefficient (Wildman–Crippen LogP) is 5.32. The summed E-state index contributed by atoms with van der Waals surface area (Å²) in [5.41, 5.74) is 4.59. The summed E-state index contributed by atoms with van der Waals surface area (Å²) in [4.78, 5) is 13.8. The summed E-state index contributed by atoms with van der Waals surface area (Å²) >= 11 is 18.9. The Balaban J connectivity index is 1.28. The molecule has 0 bridgehead atoms. The number of hydrogen-bond donors (Lipinski definition) is 1. The SMILES string of the molecule is Cc1cc(OCCOc2c(Cl)cc(Cl)cc2C=NNc2cc(N3CCOCC3)nc(N3CCOCC3)n2)ccc1Cl. The van der Waals surface area contributed by atoms with Crippen LogP contribution in [0.25, 0.3) is 0 Å². The summed E-state index contributed by atoms with van der Waals surface area (Å²) in [6, 6.07) is 10.7. The molecule has 3 aromatic rings. The molecule has 0 amide bonds. The molecule has 0 saturated carbocycles. The van der Waals surface area contributed by atoms with Gasteiger partial charge in [0.05, 0.1) is 37.7 Å². The summed E-state index contributed by atoms with van der Waals surface area (Å²) in [6.07, 6.45) is 1.60. The molecular weight excluding hydrogens is 591 g/mol. The third-order valence-corrected chi connectivity index (χ3v) is 7.40. The predicted molar refractivity (Wildman–Crippen MR) is 163 cm³/mol. The molecule has 1 aromatic heterocycles. The van der Waals surface area contributed by atoms with Gasteiger partial charge in [0, 0.05) is 47.9 Å². The van der Waals surface area contributed by atoms with Crippen molar-refractivity contribution >= 4 is 58.6 Å². The fourth-order valence-electron chi connectivity index (χ4n) is 4.35. The molecule has 218 valence electrons. The molecule has 2 saturated heterocycles.